The Bertz CT molecular complexity index is 1050. The molecule has 0 fully saturated rings. The largest absolute Gasteiger partial charge is 0.352 e. The van der Waals surface area contributed by atoms with Gasteiger partial charge in [-0.3, -0.25) is 0 Å². The van der Waals surface area contributed by atoms with E-state index < -0.39 is 17.1 Å². The fourth-order valence-corrected chi connectivity index (χ4v) is 4.09. The second-order valence-electron chi connectivity index (χ2n) is 6.18. The van der Waals surface area contributed by atoms with Gasteiger partial charge in [0.05, 0.1) is 23.8 Å². The SMILES string of the molecule is N#C[C@]12C=C[C@@H]1[C@H]1C=C[C@H]2n2c(=O)n(-c3ccccc3)c(=O)n21. The molecule has 3 heterocycles. The van der Waals surface area contributed by atoms with Crippen molar-refractivity contribution in [3.8, 4) is 11.8 Å². The molecule has 112 valence electrons. The van der Waals surface area contributed by atoms with Crippen molar-refractivity contribution in [2.45, 2.75) is 12.1 Å². The van der Waals surface area contributed by atoms with Gasteiger partial charge in [0.25, 0.3) is 0 Å². The van der Waals surface area contributed by atoms with Crippen molar-refractivity contribution in [1.82, 2.24) is 13.9 Å². The monoisotopic (exact) mass is 304 g/mol. The van der Waals surface area contributed by atoms with Crippen molar-refractivity contribution in [3.63, 3.8) is 0 Å². The third-order valence-electron chi connectivity index (χ3n) is 5.24. The minimum atomic E-state index is -0.710. The van der Waals surface area contributed by atoms with Gasteiger partial charge in [-0.15, -0.1) is 0 Å². The second kappa shape index (κ2) is 3.82. The predicted octanol–water partition coefficient (Wildman–Crippen LogP) is 1.16. The van der Waals surface area contributed by atoms with Gasteiger partial charge in [0.1, 0.15) is 5.41 Å². The van der Waals surface area contributed by atoms with Crippen LogP contribution >= 0.6 is 0 Å². The van der Waals surface area contributed by atoms with Crippen LogP contribution < -0.4 is 11.4 Å². The van der Waals surface area contributed by atoms with E-state index in [0.29, 0.717) is 5.69 Å². The summed E-state index contributed by atoms with van der Waals surface area (Å²) in [7, 11) is 0. The molecule has 0 radical (unpaired) electrons. The van der Waals surface area contributed by atoms with E-state index in [1.807, 2.05) is 30.4 Å². The number of hydrogen-bond acceptors (Lipinski definition) is 3. The smallest absolute Gasteiger partial charge is 0.245 e. The molecule has 0 saturated carbocycles. The van der Waals surface area contributed by atoms with Crippen LogP contribution in [0.5, 0.6) is 0 Å². The molecular weight excluding hydrogens is 292 g/mol. The number of rotatable bonds is 1. The minimum Gasteiger partial charge on any atom is -0.245 e. The minimum absolute atomic E-state index is 0.0498. The lowest BCUT2D eigenvalue weighted by Crippen LogP contribution is -2.56. The molecule has 0 N–H and O–H groups in total. The van der Waals surface area contributed by atoms with Crippen LogP contribution in [-0.2, 0) is 0 Å². The first-order valence-electron chi connectivity index (χ1n) is 7.49. The summed E-state index contributed by atoms with van der Waals surface area (Å²) in [5.41, 5.74) is -0.914. The molecule has 6 nitrogen and oxygen atoms in total. The number of para-hydroxylation sites is 1. The maximum absolute atomic E-state index is 12.9. The quantitative estimate of drug-likeness (QED) is 0.742. The van der Waals surface area contributed by atoms with Crippen LogP contribution in [-0.4, -0.2) is 13.9 Å². The lowest BCUT2D eigenvalue weighted by Gasteiger charge is -2.52. The first kappa shape index (κ1) is 12.5. The fraction of sp³-hybridized carbons (Fsp3) is 0.235. The van der Waals surface area contributed by atoms with E-state index in [1.54, 1.807) is 24.3 Å². The van der Waals surface area contributed by atoms with Crippen LogP contribution in [0.2, 0.25) is 0 Å². The van der Waals surface area contributed by atoms with Gasteiger partial charge in [0.2, 0.25) is 0 Å². The van der Waals surface area contributed by atoms with Crippen LogP contribution in [0.25, 0.3) is 5.69 Å². The summed E-state index contributed by atoms with van der Waals surface area (Å²) in [5, 5.41) is 9.66. The van der Waals surface area contributed by atoms with E-state index in [-0.39, 0.29) is 17.6 Å². The van der Waals surface area contributed by atoms with Crippen molar-refractivity contribution in [2.75, 3.05) is 0 Å². The van der Waals surface area contributed by atoms with Gasteiger partial charge in [-0.2, -0.15) is 5.26 Å². The summed E-state index contributed by atoms with van der Waals surface area (Å²) in [5.74, 6) is -0.0498. The van der Waals surface area contributed by atoms with E-state index in [1.165, 1.54) is 13.9 Å². The van der Waals surface area contributed by atoms with Crippen LogP contribution in [0, 0.1) is 22.7 Å². The molecule has 0 amide bonds. The number of nitrogens with zero attached hydrogens (tertiary/aromatic N) is 4. The molecule has 4 atom stereocenters. The predicted molar refractivity (Wildman–Crippen MR) is 82.2 cm³/mol. The highest BCUT2D eigenvalue weighted by molar-refractivity contribution is 5.41. The molecule has 2 aliphatic carbocycles. The Labute approximate surface area is 130 Å². The Kier molecular flexibility index (Phi) is 2.07. The van der Waals surface area contributed by atoms with Crippen molar-refractivity contribution in [1.29, 1.82) is 5.26 Å². The molecule has 1 aromatic carbocycles. The lowest BCUT2D eigenvalue weighted by molar-refractivity contribution is 0.0852. The average molecular weight is 304 g/mol. The first-order valence-corrected chi connectivity index (χ1v) is 7.49. The summed E-state index contributed by atoms with van der Waals surface area (Å²) in [6.45, 7) is 0. The van der Waals surface area contributed by atoms with Gasteiger partial charge in [-0.1, -0.05) is 42.5 Å². The maximum atomic E-state index is 12.9. The average Bonchev–Trinajstić information content (AvgIpc) is 2.81. The Morgan fingerprint density at radius 2 is 1.74 bits per heavy atom. The Morgan fingerprint density at radius 1 is 1.00 bits per heavy atom. The lowest BCUT2D eigenvalue weighted by atomic mass is 9.57. The zero-order valence-electron chi connectivity index (χ0n) is 12.0. The molecule has 0 spiro atoms. The summed E-state index contributed by atoms with van der Waals surface area (Å²) in [6, 6.07) is 10.5. The van der Waals surface area contributed by atoms with Gasteiger partial charge >= 0.3 is 11.4 Å². The van der Waals surface area contributed by atoms with E-state index in [9.17, 15) is 14.9 Å². The van der Waals surface area contributed by atoms with Crippen molar-refractivity contribution in [2.24, 2.45) is 11.3 Å². The summed E-state index contributed by atoms with van der Waals surface area (Å²) in [4.78, 5) is 25.8. The van der Waals surface area contributed by atoms with E-state index in [0.717, 1.165) is 0 Å². The van der Waals surface area contributed by atoms with Crippen LogP contribution in [0.15, 0.2) is 64.2 Å². The summed E-state index contributed by atoms with van der Waals surface area (Å²) in [6.07, 6.45) is 7.64. The Balaban J connectivity index is 1.84. The van der Waals surface area contributed by atoms with Gasteiger partial charge < -0.3 is 0 Å². The maximum Gasteiger partial charge on any atom is 0.352 e. The van der Waals surface area contributed by atoms with Crippen molar-refractivity contribution >= 4 is 0 Å². The third-order valence-corrected chi connectivity index (χ3v) is 5.24. The molecule has 4 aliphatic rings. The third kappa shape index (κ3) is 1.21. The van der Waals surface area contributed by atoms with Gasteiger partial charge in [-0.05, 0) is 12.1 Å². The zero-order chi connectivity index (χ0) is 15.8. The Hall–Kier alpha value is -3.07. The highest BCUT2D eigenvalue weighted by atomic mass is 16.2. The van der Waals surface area contributed by atoms with Crippen molar-refractivity contribution in [3.05, 3.63) is 75.6 Å². The molecule has 2 bridgehead atoms. The van der Waals surface area contributed by atoms with Crippen LogP contribution in [0.1, 0.15) is 12.1 Å². The highest BCUT2D eigenvalue weighted by Crippen LogP contribution is 2.58. The fourth-order valence-electron chi connectivity index (χ4n) is 4.09. The number of hydrogen-bond donors (Lipinski definition) is 0. The van der Waals surface area contributed by atoms with Crippen LogP contribution in [0.4, 0.5) is 0 Å². The van der Waals surface area contributed by atoms with E-state index in [4.69, 9.17) is 0 Å². The van der Waals surface area contributed by atoms with Gasteiger partial charge in [0.15, 0.2) is 0 Å². The standard InChI is InChI=1S/C17H12N4O2/c18-10-17-9-8-12(17)13-6-7-14(17)21-16(23)19(15(22)20(13)21)11-4-2-1-3-5-11/h1-9,12-14H/t12-,13-,14-,17-/m1/s1. The number of allylic oxidation sites excluding steroid dienone is 4. The topological polar surface area (TPSA) is 72.7 Å². The molecule has 1 aromatic heterocycles. The molecule has 6 rings (SSSR count). The molecule has 23 heavy (non-hydrogen) atoms. The van der Waals surface area contributed by atoms with Gasteiger partial charge in [-0.25, -0.2) is 23.5 Å². The van der Waals surface area contributed by atoms with Crippen LogP contribution in [0.3, 0.4) is 0 Å². The molecule has 2 aliphatic heterocycles. The number of aromatic nitrogens is 3. The second-order valence-corrected chi connectivity index (χ2v) is 6.18. The zero-order valence-corrected chi connectivity index (χ0v) is 12.0. The molecule has 6 heteroatoms. The number of nitriles is 1. The molecule has 0 unspecified atom stereocenters. The normalized spacial score (nSPS) is 32.0. The van der Waals surface area contributed by atoms with Crippen molar-refractivity contribution < 1.29 is 0 Å². The first-order chi connectivity index (χ1) is 11.2. The molecular formula is C17H12N4O2. The summed E-state index contributed by atoms with van der Waals surface area (Å²) < 4.78 is 4.13. The van der Waals surface area contributed by atoms with Gasteiger partial charge in [0, 0.05) is 5.92 Å². The Morgan fingerprint density at radius 3 is 2.39 bits per heavy atom. The van der Waals surface area contributed by atoms with E-state index >= 15 is 0 Å². The molecule has 0 saturated heterocycles. The summed E-state index contributed by atoms with van der Waals surface area (Å²) >= 11 is 0. The van der Waals surface area contributed by atoms with E-state index in [2.05, 4.69) is 6.07 Å². The number of benzene rings is 1. The highest BCUT2D eigenvalue weighted by Gasteiger charge is 2.59. The molecule has 2 aromatic rings.